The summed E-state index contributed by atoms with van der Waals surface area (Å²) in [4.78, 5) is 0.0371. The number of anilines is 2. The fraction of sp³-hybridized carbons (Fsp3) is 0.0435. The molecule has 0 unspecified atom stereocenters. The molecule has 0 aliphatic heterocycles. The van der Waals surface area contributed by atoms with Crippen LogP contribution in [0.3, 0.4) is 0 Å². The van der Waals surface area contributed by atoms with Gasteiger partial charge in [0, 0.05) is 11.1 Å². The molecule has 0 saturated heterocycles. The van der Waals surface area contributed by atoms with Gasteiger partial charge in [0.25, 0.3) is 20.0 Å². The van der Waals surface area contributed by atoms with Crippen LogP contribution >= 0.6 is 15.9 Å². The summed E-state index contributed by atoms with van der Waals surface area (Å²) in [6.45, 7) is 0. The first-order chi connectivity index (χ1) is 15.7. The van der Waals surface area contributed by atoms with Crippen LogP contribution in [0.15, 0.2) is 99.2 Å². The summed E-state index contributed by atoms with van der Waals surface area (Å²) >= 11 is 3.27. The fourth-order valence-corrected chi connectivity index (χ4v) is 6.10. The topological polar surface area (TPSA) is 102 Å². The first kappa shape index (κ1) is 23.1. The van der Waals surface area contributed by atoms with Crippen molar-refractivity contribution in [2.45, 2.75) is 9.79 Å². The summed E-state index contributed by atoms with van der Waals surface area (Å²) < 4.78 is 61.8. The van der Waals surface area contributed by atoms with Crippen LogP contribution in [0.2, 0.25) is 0 Å². The third kappa shape index (κ3) is 4.97. The molecule has 10 heteroatoms. The third-order valence-electron chi connectivity index (χ3n) is 4.88. The molecule has 4 rings (SSSR count). The second-order valence-corrected chi connectivity index (χ2v) is 11.3. The number of ether oxygens (including phenoxy) is 1. The molecule has 0 bridgehead atoms. The van der Waals surface area contributed by atoms with Crippen molar-refractivity contribution in [3.05, 3.63) is 89.4 Å². The Morgan fingerprint density at radius 2 is 1.36 bits per heavy atom. The maximum absolute atomic E-state index is 12.9. The van der Waals surface area contributed by atoms with E-state index >= 15 is 0 Å². The standard InChI is InChI=1S/C23H19BrN2O5S2/c1-31-23-14-13-19(15-21(23)24)33(29,30)25-17-9-11-18(12-10-17)32(27,28)26-22-8-4-6-16-5-2-3-7-20(16)22/h2-15,25-26H,1H3. The van der Waals surface area contributed by atoms with Crippen LogP contribution in [-0.2, 0) is 20.0 Å². The maximum atomic E-state index is 12.9. The van der Waals surface area contributed by atoms with Crippen molar-refractivity contribution >= 4 is 58.1 Å². The minimum atomic E-state index is -3.88. The maximum Gasteiger partial charge on any atom is 0.261 e. The van der Waals surface area contributed by atoms with Crippen LogP contribution in [0.5, 0.6) is 5.75 Å². The Morgan fingerprint density at radius 1 is 0.727 bits per heavy atom. The van der Waals surface area contributed by atoms with Crippen molar-refractivity contribution < 1.29 is 21.6 Å². The van der Waals surface area contributed by atoms with Gasteiger partial charge >= 0.3 is 0 Å². The van der Waals surface area contributed by atoms with Gasteiger partial charge in [-0.25, -0.2) is 16.8 Å². The van der Waals surface area contributed by atoms with E-state index in [2.05, 4.69) is 25.4 Å². The van der Waals surface area contributed by atoms with Crippen LogP contribution in [-0.4, -0.2) is 23.9 Å². The smallest absolute Gasteiger partial charge is 0.261 e. The number of rotatable bonds is 7. The number of halogens is 1. The second-order valence-electron chi connectivity index (χ2n) is 7.06. The summed E-state index contributed by atoms with van der Waals surface area (Å²) in [5, 5.41) is 1.69. The summed E-state index contributed by atoms with van der Waals surface area (Å²) in [5.41, 5.74) is 0.689. The van der Waals surface area contributed by atoms with Gasteiger partial charge in [-0.15, -0.1) is 0 Å². The van der Waals surface area contributed by atoms with E-state index in [1.165, 1.54) is 49.6 Å². The number of nitrogens with one attached hydrogen (secondary N) is 2. The van der Waals surface area contributed by atoms with Crippen molar-refractivity contribution in [2.75, 3.05) is 16.6 Å². The Hall–Kier alpha value is -3.08. The molecule has 0 aliphatic rings. The molecule has 7 nitrogen and oxygen atoms in total. The van der Waals surface area contributed by atoms with Gasteiger partial charge in [0.15, 0.2) is 0 Å². The van der Waals surface area contributed by atoms with Gasteiger partial charge in [-0.2, -0.15) is 0 Å². The SMILES string of the molecule is COc1ccc(S(=O)(=O)Nc2ccc(S(=O)(=O)Nc3cccc4ccccc34)cc2)cc1Br. The van der Waals surface area contributed by atoms with Crippen molar-refractivity contribution in [1.82, 2.24) is 0 Å². The molecule has 0 radical (unpaired) electrons. The predicted octanol–water partition coefficient (Wildman–Crippen LogP) is 5.21. The van der Waals surface area contributed by atoms with Crippen molar-refractivity contribution in [3.8, 4) is 5.75 Å². The third-order valence-corrected chi connectivity index (χ3v) is 8.26. The van der Waals surface area contributed by atoms with Gasteiger partial charge in [-0.05, 0) is 69.8 Å². The molecule has 2 N–H and O–H groups in total. The zero-order valence-electron chi connectivity index (χ0n) is 17.3. The lowest BCUT2D eigenvalue weighted by Gasteiger charge is -2.12. The van der Waals surface area contributed by atoms with E-state index in [-0.39, 0.29) is 15.5 Å². The van der Waals surface area contributed by atoms with E-state index in [1.54, 1.807) is 12.1 Å². The van der Waals surface area contributed by atoms with Gasteiger partial charge in [0.2, 0.25) is 0 Å². The van der Waals surface area contributed by atoms with Gasteiger partial charge in [-0.3, -0.25) is 9.44 Å². The molecule has 0 fully saturated rings. The molecule has 170 valence electrons. The number of hydrogen-bond acceptors (Lipinski definition) is 5. The van der Waals surface area contributed by atoms with E-state index < -0.39 is 20.0 Å². The molecule has 0 spiro atoms. The van der Waals surface area contributed by atoms with Crippen molar-refractivity contribution in [1.29, 1.82) is 0 Å². The molecule has 33 heavy (non-hydrogen) atoms. The molecular formula is C23H19BrN2O5S2. The normalized spacial score (nSPS) is 11.8. The number of methoxy groups -OCH3 is 1. The highest BCUT2D eigenvalue weighted by molar-refractivity contribution is 9.10. The summed E-state index contributed by atoms with van der Waals surface area (Å²) in [6.07, 6.45) is 0. The molecule has 0 amide bonds. The van der Waals surface area contributed by atoms with Crippen LogP contribution in [0, 0.1) is 0 Å². The Labute approximate surface area is 200 Å². The lowest BCUT2D eigenvalue weighted by atomic mass is 10.1. The van der Waals surface area contributed by atoms with Crippen LogP contribution in [0.1, 0.15) is 0 Å². The van der Waals surface area contributed by atoms with E-state index in [0.717, 1.165) is 10.8 Å². The van der Waals surface area contributed by atoms with E-state index in [9.17, 15) is 16.8 Å². The van der Waals surface area contributed by atoms with Crippen molar-refractivity contribution in [2.24, 2.45) is 0 Å². The Morgan fingerprint density at radius 3 is 2.06 bits per heavy atom. The molecule has 4 aromatic rings. The minimum absolute atomic E-state index is 0.00516. The predicted molar refractivity (Wildman–Crippen MR) is 133 cm³/mol. The van der Waals surface area contributed by atoms with Gasteiger partial charge in [-0.1, -0.05) is 36.4 Å². The van der Waals surface area contributed by atoms with Crippen LogP contribution in [0.4, 0.5) is 11.4 Å². The number of benzene rings is 4. The summed E-state index contributed by atoms with van der Waals surface area (Å²) in [7, 11) is -6.28. The highest BCUT2D eigenvalue weighted by Gasteiger charge is 2.18. The zero-order chi connectivity index (χ0) is 23.6. The lowest BCUT2D eigenvalue weighted by molar-refractivity contribution is 0.411. The lowest BCUT2D eigenvalue weighted by Crippen LogP contribution is -2.15. The van der Waals surface area contributed by atoms with Crippen molar-refractivity contribution in [3.63, 3.8) is 0 Å². The molecule has 4 aromatic carbocycles. The van der Waals surface area contributed by atoms with Crippen LogP contribution < -0.4 is 14.2 Å². The Balaban J connectivity index is 1.55. The highest BCUT2D eigenvalue weighted by atomic mass is 79.9. The van der Waals surface area contributed by atoms with Crippen LogP contribution in [0.25, 0.3) is 10.8 Å². The molecular weight excluding hydrogens is 528 g/mol. The number of hydrogen-bond donors (Lipinski definition) is 2. The number of fused-ring (bicyclic) bond motifs is 1. The monoisotopic (exact) mass is 546 g/mol. The zero-order valence-corrected chi connectivity index (χ0v) is 20.5. The van der Waals surface area contributed by atoms with Gasteiger partial charge < -0.3 is 4.74 Å². The second kappa shape index (κ2) is 9.05. The first-order valence-corrected chi connectivity index (χ1v) is 13.4. The summed E-state index contributed by atoms with van der Waals surface area (Å²) in [6, 6.07) is 22.7. The Kier molecular flexibility index (Phi) is 6.33. The molecule has 0 heterocycles. The molecule has 0 atom stereocenters. The fourth-order valence-electron chi connectivity index (χ4n) is 3.25. The summed E-state index contributed by atoms with van der Waals surface area (Å²) in [5.74, 6) is 0.502. The van der Waals surface area contributed by atoms with E-state index in [4.69, 9.17) is 4.74 Å². The Bertz CT molecular complexity index is 1530. The van der Waals surface area contributed by atoms with Gasteiger partial charge in [0.05, 0.1) is 27.1 Å². The molecule has 0 aliphatic carbocycles. The van der Waals surface area contributed by atoms with E-state index in [0.29, 0.717) is 15.9 Å². The largest absolute Gasteiger partial charge is 0.496 e. The average molecular weight is 547 g/mol. The number of sulfonamides is 2. The molecule has 0 aromatic heterocycles. The van der Waals surface area contributed by atoms with Gasteiger partial charge in [0.1, 0.15) is 5.75 Å². The quantitative estimate of drug-likeness (QED) is 0.331. The average Bonchev–Trinajstić information content (AvgIpc) is 2.79. The highest BCUT2D eigenvalue weighted by Crippen LogP contribution is 2.29. The minimum Gasteiger partial charge on any atom is -0.496 e. The molecule has 0 saturated carbocycles. The van der Waals surface area contributed by atoms with E-state index in [1.807, 2.05) is 30.3 Å². The first-order valence-electron chi connectivity index (χ1n) is 9.67.